The zero-order valence-electron chi connectivity index (χ0n) is 11.6. The van der Waals surface area contributed by atoms with Gasteiger partial charge in [-0.05, 0) is 6.42 Å². The molecule has 21 heavy (non-hydrogen) atoms. The molecule has 1 amide bonds. The van der Waals surface area contributed by atoms with Gasteiger partial charge in [-0.2, -0.15) is 5.10 Å². The van der Waals surface area contributed by atoms with Gasteiger partial charge in [0.15, 0.2) is 0 Å². The Morgan fingerprint density at radius 1 is 1.33 bits per heavy atom. The molecule has 2 aromatic heterocycles. The molecule has 0 unspecified atom stereocenters. The lowest BCUT2D eigenvalue weighted by atomic mass is 10.3. The van der Waals surface area contributed by atoms with Crippen LogP contribution in [0, 0.1) is 0 Å². The van der Waals surface area contributed by atoms with Gasteiger partial charge in [-0.1, -0.05) is 12.1 Å². The molecule has 2 heterocycles. The van der Waals surface area contributed by atoms with Crippen LogP contribution in [-0.2, 0) is 24.4 Å². The number of hydrogen-bond acceptors (Lipinski definition) is 5. The number of carbonyl (C=O) groups excluding carboxylic acids is 1. The molecule has 0 aliphatic heterocycles. The Labute approximate surface area is 120 Å². The summed E-state index contributed by atoms with van der Waals surface area (Å²) in [4.78, 5) is 22.4. The summed E-state index contributed by atoms with van der Waals surface area (Å²) >= 11 is 0. The van der Waals surface area contributed by atoms with Gasteiger partial charge in [0.05, 0.1) is 24.5 Å². The summed E-state index contributed by atoms with van der Waals surface area (Å²) in [6.07, 6.45) is 5.61. The van der Waals surface area contributed by atoms with Gasteiger partial charge in [0.2, 0.25) is 0 Å². The maximum atomic E-state index is 11.9. The number of amides is 1. The Hall–Kier alpha value is -2.71. The van der Waals surface area contributed by atoms with Crippen LogP contribution in [0.25, 0.3) is 0 Å². The molecule has 0 spiro atoms. The Morgan fingerprint density at radius 2 is 2.14 bits per heavy atom. The van der Waals surface area contributed by atoms with E-state index in [4.69, 9.17) is 5.11 Å². The monoisotopic (exact) mass is 292 g/mol. The summed E-state index contributed by atoms with van der Waals surface area (Å²) in [7, 11) is 0. The van der Waals surface area contributed by atoms with Crippen molar-refractivity contribution in [3.8, 4) is 0 Å². The molecule has 0 atom stereocenters. The van der Waals surface area contributed by atoms with E-state index in [1.54, 1.807) is 10.9 Å². The zero-order valence-corrected chi connectivity index (χ0v) is 11.6. The van der Waals surface area contributed by atoms with Crippen molar-refractivity contribution in [1.82, 2.24) is 30.1 Å². The van der Waals surface area contributed by atoms with Crippen LogP contribution < -0.4 is 5.32 Å². The molecule has 112 valence electrons. The van der Waals surface area contributed by atoms with Crippen molar-refractivity contribution in [2.24, 2.45) is 0 Å². The predicted octanol–water partition coefficient (Wildman–Crippen LogP) is -0.101. The van der Waals surface area contributed by atoms with Crippen LogP contribution in [0.5, 0.6) is 0 Å². The van der Waals surface area contributed by atoms with Crippen LogP contribution in [0.2, 0.25) is 0 Å². The van der Waals surface area contributed by atoms with Crippen LogP contribution in [0.3, 0.4) is 0 Å². The van der Waals surface area contributed by atoms with E-state index in [0.717, 1.165) is 13.0 Å². The van der Waals surface area contributed by atoms with Gasteiger partial charge in [-0.15, -0.1) is 5.10 Å². The quantitative estimate of drug-likeness (QED) is 0.736. The molecule has 0 radical (unpaired) electrons. The molecule has 9 nitrogen and oxygen atoms in total. The van der Waals surface area contributed by atoms with Crippen LogP contribution in [-0.4, -0.2) is 41.8 Å². The zero-order chi connectivity index (χ0) is 15.2. The number of aliphatic carboxylic acids is 1. The lowest BCUT2D eigenvalue weighted by Gasteiger charge is -2.00. The maximum Gasteiger partial charge on any atom is 0.325 e. The van der Waals surface area contributed by atoms with E-state index in [1.165, 1.54) is 17.1 Å². The summed E-state index contributed by atoms with van der Waals surface area (Å²) in [5, 5.41) is 22.8. The van der Waals surface area contributed by atoms with Gasteiger partial charge in [-0.3, -0.25) is 14.3 Å². The molecule has 0 aliphatic rings. The van der Waals surface area contributed by atoms with Crippen molar-refractivity contribution in [2.45, 2.75) is 33.0 Å². The fourth-order valence-corrected chi connectivity index (χ4v) is 1.74. The molecular formula is C12H16N6O3. The Morgan fingerprint density at radius 3 is 2.86 bits per heavy atom. The predicted molar refractivity (Wildman–Crippen MR) is 71.3 cm³/mol. The molecule has 0 aliphatic carbocycles. The molecular weight excluding hydrogens is 276 g/mol. The highest BCUT2D eigenvalue weighted by atomic mass is 16.4. The minimum absolute atomic E-state index is 0.178. The van der Waals surface area contributed by atoms with Gasteiger partial charge in [0, 0.05) is 12.7 Å². The standard InChI is InChI=1S/C12H16N6O3/c1-2-3-17-6-9(4-14-17)12(21)13-5-10-7-18(16-15-10)8-11(19)20/h4,6-7H,2-3,5,8H2,1H3,(H,13,21)(H,19,20). The second-order valence-electron chi connectivity index (χ2n) is 4.48. The van der Waals surface area contributed by atoms with Crippen molar-refractivity contribution < 1.29 is 14.7 Å². The van der Waals surface area contributed by atoms with Crippen LogP contribution in [0.4, 0.5) is 0 Å². The summed E-state index contributed by atoms with van der Waals surface area (Å²) in [6, 6.07) is 0. The van der Waals surface area contributed by atoms with Crippen molar-refractivity contribution in [3.05, 3.63) is 29.8 Å². The van der Waals surface area contributed by atoms with E-state index >= 15 is 0 Å². The molecule has 0 fully saturated rings. The van der Waals surface area contributed by atoms with Gasteiger partial charge in [-0.25, -0.2) is 4.68 Å². The largest absolute Gasteiger partial charge is 0.480 e. The molecule has 2 aromatic rings. The highest BCUT2D eigenvalue weighted by Crippen LogP contribution is 2.00. The van der Waals surface area contributed by atoms with Gasteiger partial charge in [0.25, 0.3) is 5.91 Å². The Bertz CT molecular complexity index is 632. The molecule has 2 rings (SSSR count). The van der Waals surface area contributed by atoms with Crippen molar-refractivity contribution in [3.63, 3.8) is 0 Å². The highest BCUT2D eigenvalue weighted by molar-refractivity contribution is 5.93. The second-order valence-corrected chi connectivity index (χ2v) is 4.48. The average Bonchev–Trinajstić information content (AvgIpc) is 3.05. The molecule has 0 saturated heterocycles. The second kappa shape index (κ2) is 6.64. The number of aryl methyl sites for hydroxylation is 1. The SMILES string of the molecule is CCCn1cc(C(=O)NCc2cn(CC(=O)O)nn2)cn1. The van der Waals surface area contributed by atoms with Crippen molar-refractivity contribution in [1.29, 1.82) is 0 Å². The third-order valence-corrected chi connectivity index (χ3v) is 2.66. The third kappa shape index (κ3) is 4.13. The van der Waals surface area contributed by atoms with Crippen LogP contribution in [0.1, 0.15) is 29.4 Å². The lowest BCUT2D eigenvalue weighted by molar-refractivity contribution is -0.137. The van der Waals surface area contributed by atoms with E-state index < -0.39 is 5.97 Å². The van der Waals surface area contributed by atoms with E-state index in [-0.39, 0.29) is 19.0 Å². The number of carboxylic acids is 1. The normalized spacial score (nSPS) is 10.5. The number of carboxylic acid groups (broad SMARTS) is 1. The summed E-state index contributed by atoms with van der Waals surface area (Å²) in [6.45, 7) is 2.71. The minimum atomic E-state index is -1.00. The first-order chi connectivity index (χ1) is 10.1. The van der Waals surface area contributed by atoms with E-state index in [2.05, 4.69) is 20.7 Å². The van der Waals surface area contributed by atoms with Crippen molar-refractivity contribution in [2.75, 3.05) is 0 Å². The van der Waals surface area contributed by atoms with Gasteiger partial charge in [0.1, 0.15) is 12.2 Å². The maximum absolute atomic E-state index is 11.9. The molecule has 0 aromatic carbocycles. The number of aromatic nitrogens is 5. The first-order valence-electron chi connectivity index (χ1n) is 6.50. The highest BCUT2D eigenvalue weighted by Gasteiger charge is 2.10. The minimum Gasteiger partial charge on any atom is -0.480 e. The lowest BCUT2D eigenvalue weighted by Crippen LogP contribution is -2.22. The number of hydrogen-bond donors (Lipinski definition) is 2. The summed E-state index contributed by atoms with van der Waals surface area (Å²) in [5.74, 6) is -1.26. The average molecular weight is 292 g/mol. The first-order valence-corrected chi connectivity index (χ1v) is 6.50. The molecule has 9 heteroatoms. The van der Waals surface area contributed by atoms with Gasteiger partial charge < -0.3 is 10.4 Å². The van der Waals surface area contributed by atoms with E-state index in [9.17, 15) is 9.59 Å². The summed E-state index contributed by atoms with van der Waals surface area (Å²) < 4.78 is 2.90. The molecule has 0 saturated carbocycles. The number of rotatable bonds is 7. The number of nitrogens with zero attached hydrogens (tertiary/aromatic N) is 5. The topological polar surface area (TPSA) is 115 Å². The third-order valence-electron chi connectivity index (χ3n) is 2.66. The fraction of sp³-hybridized carbons (Fsp3) is 0.417. The first kappa shape index (κ1) is 14.7. The van der Waals surface area contributed by atoms with Crippen LogP contribution >= 0.6 is 0 Å². The number of carbonyl (C=O) groups is 2. The Balaban J connectivity index is 1.88. The fourth-order valence-electron chi connectivity index (χ4n) is 1.74. The molecule has 0 bridgehead atoms. The smallest absolute Gasteiger partial charge is 0.325 e. The van der Waals surface area contributed by atoms with E-state index in [1.807, 2.05) is 6.92 Å². The van der Waals surface area contributed by atoms with Gasteiger partial charge >= 0.3 is 5.97 Å². The van der Waals surface area contributed by atoms with Crippen molar-refractivity contribution >= 4 is 11.9 Å². The Kier molecular flexibility index (Phi) is 4.64. The van der Waals surface area contributed by atoms with Crippen LogP contribution in [0.15, 0.2) is 18.6 Å². The number of nitrogens with one attached hydrogen (secondary N) is 1. The van der Waals surface area contributed by atoms with E-state index in [0.29, 0.717) is 11.3 Å². The summed E-state index contributed by atoms with van der Waals surface area (Å²) in [5.41, 5.74) is 0.965. The molecule has 2 N–H and O–H groups in total.